The quantitative estimate of drug-likeness (QED) is 0.630. The van der Waals surface area contributed by atoms with E-state index < -0.39 is 0 Å². The summed E-state index contributed by atoms with van der Waals surface area (Å²) in [6.07, 6.45) is 0. The topological polar surface area (TPSA) is 24.4 Å². The van der Waals surface area contributed by atoms with Crippen LogP contribution >= 0.6 is 22.9 Å². The lowest BCUT2D eigenvalue weighted by Gasteiger charge is -2.03. The van der Waals surface area contributed by atoms with E-state index in [9.17, 15) is 0 Å². The van der Waals surface area contributed by atoms with E-state index in [-0.39, 0.29) is 0 Å². The van der Waals surface area contributed by atoms with Crippen molar-refractivity contribution in [2.24, 2.45) is 5.10 Å². The van der Waals surface area contributed by atoms with E-state index in [1.54, 1.807) is 11.3 Å². The lowest BCUT2D eigenvalue weighted by atomic mass is 10.2. The number of halogens is 1. The van der Waals surface area contributed by atoms with Gasteiger partial charge < -0.3 is 0 Å². The van der Waals surface area contributed by atoms with E-state index in [2.05, 4.69) is 30.4 Å². The maximum Gasteiger partial charge on any atom is 0.0659 e. The van der Waals surface area contributed by atoms with Gasteiger partial charge in [0.1, 0.15) is 0 Å². The summed E-state index contributed by atoms with van der Waals surface area (Å²) in [6, 6.07) is 9.67. The number of rotatable bonds is 3. The van der Waals surface area contributed by atoms with Crippen molar-refractivity contribution >= 4 is 34.3 Å². The maximum atomic E-state index is 5.83. The van der Waals surface area contributed by atoms with Crippen molar-refractivity contribution in [2.75, 3.05) is 5.43 Å². The Bertz CT molecular complexity index is 570. The molecule has 0 aliphatic carbocycles. The van der Waals surface area contributed by atoms with E-state index in [1.807, 2.05) is 31.2 Å². The molecule has 1 aromatic heterocycles. The van der Waals surface area contributed by atoms with Crippen LogP contribution in [0, 0.1) is 13.8 Å². The Morgan fingerprint density at radius 1 is 1.22 bits per heavy atom. The highest BCUT2D eigenvalue weighted by atomic mass is 35.5. The molecular formula is C14H15ClN2S. The molecule has 1 heterocycles. The normalized spacial score (nSPS) is 11.7. The number of thiophene rings is 1. The van der Waals surface area contributed by atoms with Crippen molar-refractivity contribution in [1.29, 1.82) is 0 Å². The largest absolute Gasteiger partial charge is 0.278 e. The van der Waals surface area contributed by atoms with Crippen LogP contribution in [-0.4, -0.2) is 5.71 Å². The molecule has 1 N–H and O–H groups in total. The molecule has 0 spiro atoms. The van der Waals surface area contributed by atoms with Crippen LogP contribution in [0.15, 0.2) is 35.4 Å². The van der Waals surface area contributed by atoms with Gasteiger partial charge in [-0.05, 0) is 51.1 Å². The van der Waals surface area contributed by atoms with E-state index in [1.165, 1.54) is 15.3 Å². The van der Waals surface area contributed by atoms with E-state index in [0.29, 0.717) is 0 Å². The average Bonchev–Trinajstić information content (AvgIpc) is 2.67. The first-order valence-electron chi connectivity index (χ1n) is 5.69. The fourth-order valence-electron chi connectivity index (χ4n) is 1.72. The molecule has 1 aromatic carbocycles. The number of nitrogens with zero attached hydrogens (tertiary/aromatic N) is 1. The van der Waals surface area contributed by atoms with Gasteiger partial charge in [0, 0.05) is 20.3 Å². The van der Waals surface area contributed by atoms with Gasteiger partial charge in [-0.25, -0.2) is 0 Å². The first-order chi connectivity index (χ1) is 8.56. The van der Waals surface area contributed by atoms with Crippen LogP contribution in [0.25, 0.3) is 0 Å². The zero-order chi connectivity index (χ0) is 13.1. The second-order valence-corrected chi connectivity index (χ2v) is 6.04. The third kappa shape index (κ3) is 3.12. The predicted octanol–water partition coefficient (Wildman–Crippen LogP) is 4.85. The van der Waals surface area contributed by atoms with E-state index in [4.69, 9.17) is 11.6 Å². The molecule has 0 aliphatic rings. The first-order valence-corrected chi connectivity index (χ1v) is 6.89. The molecule has 0 amide bonds. The lowest BCUT2D eigenvalue weighted by molar-refractivity contribution is 1.32. The minimum absolute atomic E-state index is 0.727. The van der Waals surface area contributed by atoms with Crippen LogP contribution in [0.4, 0.5) is 5.69 Å². The Morgan fingerprint density at radius 3 is 2.44 bits per heavy atom. The monoisotopic (exact) mass is 278 g/mol. The highest BCUT2D eigenvalue weighted by Gasteiger charge is 2.05. The average molecular weight is 279 g/mol. The molecule has 0 bridgehead atoms. The van der Waals surface area contributed by atoms with Crippen molar-refractivity contribution in [3.05, 3.63) is 50.7 Å². The van der Waals surface area contributed by atoms with Gasteiger partial charge >= 0.3 is 0 Å². The first kappa shape index (κ1) is 13.1. The molecule has 2 rings (SSSR count). The van der Waals surface area contributed by atoms with E-state index in [0.717, 1.165) is 16.4 Å². The Hall–Kier alpha value is -1.32. The Balaban J connectivity index is 2.14. The van der Waals surface area contributed by atoms with Crippen molar-refractivity contribution in [3.63, 3.8) is 0 Å². The SMILES string of the molecule is C/C(=N/Nc1ccc(Cl)cc1)c1cc(C)sc1C. The molecule has 0 aliphatic heterocycles. The Kier molecular flexibility index (Phi) is 4.04. The minimum Gasteiger partial charge on any atom is -0.278 e. The van der Waals surface area contributed by atoms with Gasteiger partial charge in [-0.2, -0.15) is 5.10 Å². The van der Waals surface area contributed by atoms with Gasteiger partial charge in [0.15, 0.2) is 0 Å². The highest BCUT2D eigenvalue weighted by Crippen LogP contribution is 2.21. The van der Waals surface area contributed by atoms with Gasteiger partial charge in [0.25, 0.3) is 0 Å². The summed E-state index contributed by atoms with van der Waals surface area (Å²) < 4.78 is 0. The molecule has 0 fully saturated rings. The number of anilines is 1. The van der Waals surface area contributed by atoms with Crippen molar-refractivity contribution < 1.29 is 0 Å². The van der Waals surface area contributed by atoms with Crippen LogP contribution in [0.3, 0.4) is 0 Å². The molecule has 0 atom stereocenters. The van der Waals surface area contributed by atoms with Gasteiger partial charge in [-0.15, -0.1) is 11.3 Å². The molecule has 0 saturated heterocycles. The van der Waals surface area contributed by atoms with Crippen LogP contribution in [0.1, 0.15) is 22.2 Å². The fraction of sp³-hybridized carbons (Fsp3) is 0.214. The number of aryl methyl sites for hydroxylation is 2. The Morgan fingerprint density at radius 2 is 1.89 bits per heavy atom. The van der Waals surface area contributed by atoms with Crippen LogP contribution in [0.5, 0.6) is 0 Å². The summed E-state index contributed by atoms with van der Waals surface area (Å²) in [4.78, 5) is 2.61. The molecule has 2 aromatic rings. The molecule has 0 unspecified atom stereocenters. The Labute approximate surface area is 116 Å². The molecule has 0 radical (unpaired) electrons. The van der Waals surface area contributed by atoms with Gasteiger partial charge in [0.2, 0.25) is 0 Å². The third-order valence-electron chi connectivity index (χ3n) is 2.63. The summed E-state index contributed by atoms with van der Waals surface area (Å²) in [5.41, 5.74) is 6.17. The van der Waals surface area contributed by atoms with Crippen molar-refractivity contribution in [3.8, 4) is 0 Å². The minimum atomic E-state index is 0.727. The second-order valence-electron chi connectivity index (χ2n) is 4.14. The molecule has 0 saturated carbocycles. The number of hydrazone groups is 1. The fourth-order valence-corrected chi connectivity index (χ4v) is 2.83. The van der Waals surface area contributed by atoms with Gasteiger partial charge in [-0.1, -0.05) is 11.6 Å². The highest BCUT2D eigenvalue weighted by molar-refractivity contribution is 7.12. The zero-order valence-electron chi connectivity index (χ0n) is 10.6. The van der Waals surface area contributed by atoms with Gasteiger partial charge in [-0.3, -0.25) is 5.43 Å². The smallest absolute Gasteiger partial charge is 0.0659 e. The molecule has 4 heteroatoms. The van der Waals surface area contributed by atoms with Crippen LogP contribution in [0.2, 0.25) is 5.02 Å². The molecule has 94 valence electrons. The summed E-state index contributed by atoms with van der Waals surface area (Å²) in [5.74, 6) is 0. The summed E-state index contributed by atoms with van der Waals surface area (Å²) >= 11 is 7.63. The maximum absolute atomic E-state index is 5.83. The number of benzene rings is 1. The predicted molar refractivity (Wildman–Crippen MR) is 81.1 cm³/mol. The zero-order valence-corrected chi connectivity index (χ0v) is 12.2. The third-order valence-corrected chi connectivity index (χ3v) is 3.85. The summed E-state index contributed by atoms with van der Waals surface area (Å²) in [7, 11) is 0. The van der Waals surface area contributed by atoms with Crippen LogP contribution < -0.4 is 5.43 Å². The number of hydrogen-bond acceptors (Lipinski definition) is 3. The lowest BCUT2D eigenvalue weighted by Crippen LogP contribution is -1.99. The summed E-state index contributed by atoms with van der Waals surface area (Å²) in [6.45, 7) is 6.24. The standard InChI is InChI=1S/C14H15ClN2S/c1-9-8-14(11(3)18-9)10(2)16-17-13-6-4-12(15)5-7-13/h4-8,17H,1-3H3/b16-10-. The molecule has 2 nitrogen and oxygen atoms in total. The number of hydrogen-bond donors (Lipinski definition) is 1. The van der Waals surface area contributed by atoms with E-state index >= 15 is 0 Å². The van der Waals surface area contributed by atoms with Crippen LogP contribution in [-0.2, 0) is 0 Å². The molecular weight excluding hydrogens is 264 g/mol. The summed E-state index contributed by atoms with van der Waals surface area (Å²) in [5, 5.41) is 5.13. The molecule has 18 heavy (non-hydrogen) atoms. The van der Waals surface area contributed by atoms with Gasteiger partial charge in [0.05, 0.1) is 11.4 Å². The van der Waals surface area contributed by atoms with Crippen molar-refractivity contribution in [1.82, 2.24) is 0 Å². The van der Waals surface area contributed by atoms with Crippen molar-refractivity contribution in [2.45, 2.75) is 20.8 Å². The number of nitrogens with one attached hydrogen (secondary N) is 1. The second kappa shape index (κ2) is 5.55.